The van der Waals surface area contributed by atoms with Crippen LogP contribution in [0, 0.1) is 13.8 Å². The van der Waals surface area contributed by atoms with Crippen LogP contribution in [0.1, 0.15) is 21.5 Å². The minimum absolute atomic E-state index is 0.103. The second-order valence-corrected chi connectivity index (χ2v) is 8.65. The maximum absolute atomic E-state index is 12.9. The molecule has 8 heteroatoms. The van der Waals surface area contributed by atoms with Gasteiger partial charge in [-0.1, -0.05) is 17.2 Å². The number of carbonyl (C=O) groups excluding carboxylic acids is 1. The molecule has 1 aliphatic heterocycles. The molecule has 28 heavy (non-hydrogen) atoms. The first-order valence-electron chi connectivity index (χ1n) is 8.97. The van der Waals surface area contributed by atoms with Crippen LogP contribution >= 0.6 is 0 Å². The summed E-state index contributed by atoms with van der Waals surface area (Å²) in [5.74, 6) is 0.0599. The van der Waals surface area contributed by atoms with E-state index in [0.717, 1.165) is 11.1 Å². The second kappa shape index (κ2) is 8.30. The Labute approximate surface area is 165 Å². The molecule has 7 nitrogen and oxygen atoms in total. The minimum Gasteiger partial charge on any atom is -0.495 e. The van der Waals surface area contributed by atoms with Crippen molar-refractivity contribution in [2.24, 2.45) is 0 Å². The highest BCUT2D eigenvalue weighted by Crippen LogP contribution is 2.29. The van der Waals surface area contributed by atoms with E-state index < -0.39 is 10.0 Å². The monoisotopic (exact) mass is 404 g/mol. The standard InChI is InChI=1S/C20H24N2O5S/c1-14-10-15(2)12-16(11-14)20(23)21-18-13-17(4-5-19(18)26-3)28(24,25)22-6-8-27-9-7-22/h4-5,10-13H,6-9H2,1-3H3,(H,21,23). The molecular formula is C20H24N2O5S. The van der Waals surface area contributed by atoms with E-state index in [4.69, 9.17) is 9.47 Å². The van der Waals surface area contributed by atoms with Gasteiger partial charge in [0.25, 0.3) is 5.91 Å². The van der Waals surface area contributed by atoms with Gasteiger partial charge >= 0.3 is 0 Å². The van der Waals surface area contributed by atoms with Crippen LogP contribution in [0.5, 0.6) is 5.75 Å². The van der Waals surface area contributed by atoms with Gasteiger partial charge in [-0.2, -0.15) is 4.31 Å². The quantitative estimate of drug-likeness (QED) is 0.828. The average Bonchev–Trinajstić information content (AvgIpc) is 2.67. The molecule has 2 aromatic rings. The summed E-state index contributed by atoms with van der Waals surface area (Å²) in [4.78, 5) is 12.8. The Kier molecular flexibility index (Phi) is 6.02. The third-order valence-electron chi connectivity index (χ3n) is 4.51. The van der Waals surface area contributed by atoms with Crippen molar-refractivity contribution in [3.8, 4) is 5.75 Å². The number of morpholine rings is 1. The Morgan fingerprint density at radius 3 is 2.32 bits per heavy atom. The topological polar surface area (TPSA) is 84.9 Å². The number of amides is 1. The fraction of sp³-hybridized carbons (Fsp3) is 0.350. The predicted octanol–water partition coefficient (Wildman–Crippen LogP) is 2.59. The van der Waals surface area contributed by atoms with Crippen LogP contribution in [-0.2, 0) is 14.8 Å². The number of methoxy groups -OCH3 is 1. The molecule has 0 saturated carbocycles. The lowest BCUT2D eigenvalue weighted by Crippen LogP contribution is -2.40. The lowest BCUT2D eigenvalue weighted by Gasteiger charge is -2.26. The first-order valence-corrected chi connectivity index (χ1v) is 10.4. The lowest BCUT2D eigenvalue weighted by molar-refractivity contribution is 0.0730. The number of rotatable bonds is 5. The van der Waals surface area contributed by atoms with Gasteiger partial charge in [0.1, 0.15) is 5.75 Å². The summed E-state index contributed by atoms with van der Waals surface area (Å²) in [6, 6.07) is 10.0. The van der Waals surface area contributed by atoms with E-state index in [9.17, 15) is 13.2 Å². The summed E-state index contributed by atoms with van der Waals surface area (Å²) < 4.78 is 37.7. The molecule has 0 unspecified atom stereocenters. The van der Waals surface area contributed by atoms with Gasteiger partial charge in [0, 0.05) is 18.7 Å². The molecule has 1 amide bonds. The van der Waals surface area contributed by atoms with Crippen LogP contribution in [0.25, 0.3) is 0 Å². The van der Waals surface area contributed by atoms with Crippen LogP contribution < -0.4 is 10.1 Å². The van der Waals surface area contributed by atoms with Gasteiger partial charge in [-0.15, -0.1) is 0 Å². The van der Waals surface area contributed by atoms with Gasteiger partial charge in [0.2, 0.25) is 10.0 Å². The third kappa shape index (κ3) is 4.35. The molecule has 1 fully saturated rings. The number of nitrogens with zero attached hydrogens (tertiary/aromatic N) is 1. The summed E-state index contributed by atoms with van der Waals surface area (Å²) in [7, 11) is -2.21. The number of ether oxygens (including phenoxy) is 2. The molecule has 0 spiro atoms. The highest BCUT2D eigenvalue weighted by molar-refractivity contribution is 7.89. The number of hydrogen-bond acceptors (Lipinski definition) is 5. The molecule has 0 atom stereocenters. The third-order valence-corrected chi connectivity index (χ3v) is 6.41. The summed E-state index contributed by atoms with van der Waals surface area (Å²) in [6.45, 7) is 5.18. The van der Waals surface area contributed by atoms with Crippen LogP contribution in [0.3, 0.4) is 0 Å². The molecule has 1 aliphatic rings. The Hall–Kier alpha value is -2.42. The van der Waals surface area contributed by atoms with Crippen molar-refractivity contribution in [3.05, 3.63) is 53.1 Å². The van der Waals surface area contributed by atoms with Crippen LogP contribution in [0.2, 0.25) is 0 Å². The largest absolute Gasteiger partial charge is 0.495 e. The van der Waals surface area contributed by atoms with Gasteiger partial charge < -0.3 is 14.8 Å². The first-order chi connectivity index (χ1) is 13.3. The summed E-state index contributed by atoms with van der Waals surface area (Å²) in [5, 5.41) is 2.78. The molecule has 0 aromatic heterocycles. The van der Waals surface area contributed by atoms with Crippen molar-refractivity contribution in [2.45, 2.75) is 18.7 Å². The molecule has 1 saturated heterocycles. The van der Waals surface area contributed by atoms with E-state index >= 15 is 0 Å². The van der Waals surface area contributed by atoms with Gasteiger partial charge in [-0.3, -0.25) is 4.79 Å². The van der Waals surface area contributed by atoms with E-state index in [2.05, 4.69) is 5.32 Å². The Balaban J connectivity index is 1.92. The molecule has 0 aliphatic carbocycles. The van der Waals surface area contributed by atoms with Gasteiger partial charge in [-0.05, 0) is 44.2 Å². The number of hydrogen-bond donors (Lipinski definition) is 1. The Morgan fingerprint density at radius 1 is 1.07 bits per heavy atom. The fourth-order valence-corrected chi connectivity index (χ4v) is 4.62. The van der Waals surface area contributed by atoms with E-state index in [1.807, 2.05) is 19.9 Å². The van der Waals surface area contributed by atoms with Crippen LogP contribution in [-0.4, -0.2) is 52.0 Å². The summed E-state index contributed by atoms with van der Waals surface area (Å²) in [5.41, 5.74) is 2.75. The second-order valence-electron chi connectivity index (χ2n) is 6.71. The molecule has 3 rings (SSSR count). The number of benzene rings is 2. The average molecular weight is 404 g/mol. The molecular weight excluding hydrogens is 380 g/mol. The van der Waals surface area contributed by atoms with Crippen LogP contribution in [0.4, 0.5) is 5.69 Å². The number of nitrogens with one attached hydrogen (secondary N) is 1. The molecule has 0 bridgehead atoms. The van der Waals surface area contributed by atoms with Crippen molar-refractivity contribution in [1.29, 1.82) is 0 Å². The van der Waals surface area contributed by atoms with E-state index in [-0.39, 0.29) is 10.8 Å². The van der Waals surface area contributed by atoms with Crippen molar-refractivity contribution >= 4 is 21.6 Å². The van der Waals surface area contributed by atoms with Gasteiger partial charge in [0.05, 0.1) is 30.9 Å². The van der Waals surface area contributed by atoms with Crippen molar-refractivity contribution in [3.63, 3.8) is 0 Å². The van der Waals surface area contributed by atoms with E-state index in [0.29, 0.717) is 43.3 Å². The molecule has 150 valence electrons. The van der Waals surface area contributed by atoms with E-state index in [1.54, 1.807) is 18.2 Å². The smallest absolute Gasteiger partial charge is 0.255 e. The lowest BCUT2D eigenvalue weighted by atomic mass is 10.1. The predicted molar refractivity (Wildman–Crippen MR) is 106 cm³/mol. The van der Waals surface area contributed by atoms with Crippen LogP contribution in [0.15, 0.2) is 41.3 Å². The summed E-state index contributed by atoms with van der Waals surface area (Å²) >= 11 is 0. The van der Waals surface area contributed by atoms with E-state index in [1.165, 1.54) is 23.5 Å². The van der Waals surface area contributed by atoms with Gasteiger partial charge in [0.15, 0.2) is 0 Å². The Bertz CT molecular complexity index is 962. The highest BCUT2D eigenvalue weighted by atomic mass is 32.2. The SMILES string of the molecule is COc1ccc(S(=O)(=O)N2CCOCC2)cc1NC(=O)c1cc(C)cc(C)c1. The first kappa shape index (κ1) is 20.3. The number of aryl methyl sites for hydroxylation is 2. The molecule has 0 radical (unpaired) electrons. The summed E-state index contributed by atoms with van der Waals surface area (Å²) in [6.07, 6.45) is 0. The number of sulfonamides is 1. The molecule has 2 aromatic carbocycles. The van der Waals surface area contributed by atoms with Gasteiger partial charge in [-0.25, -0.2) is 8.42 Å². The number of carbonyl (C=O) groups is 1. The minimum atomic E-state index is -3.68. The normalized spacial score (nSPS) is 15.2. The zero-order valence-electron chi connectivity index (χ0n) is 16.2. The van der Waals surface area contributed by atoms with Crippen molar-refractivity contribution in [2.75, 3.05) is 38.7 Å². The molecule has 1 heterocycles. The maximum Gasteiger partial charge on any atom is 0.255 e. The Morgan fingerprint density at radius 2 is 1.71 bits per heavy atom. The highest BCUT2D eigenvalue weighted by Gasteiger charge is 2.27. The zero-order valence-corrected chi connectivity index (χ0v) is 17.0. The zero-order chi connectivity index (χ0) is 20.3. The van der Waals surface area contributed by atoms with Crippen molar-refractivity contribution < 1.29 is 22.7 Å². The maximum atomic E-state index is 12.9. The molecule has 1 N–H and O–H groups in total. The van der Waals surface area contributed by atoms with Crippen molar-refractivity contribution in [1.82, 2.24) is 4.31 Å². The number of anilines is 1. The fourth-order valence-electron chi connectivity index (χ4n) is 3.18.